The van der Waals surface area contributed by atoms with E-state index < -0.39 is 23.6 Å². The van der Waals surface area contributed by atoms with Crippen molar-refractivity contribution in [2.24, 2.45) is 5.92 Å². The number of halogens is 2. The van der Waals surface area contributed by atoms with Crippen molar-refractivity contribution in [1.82, 2.24) is 20.2 Å². The van der Waals surface area contributed by atoms with Gasteiger partial charge in [-0.25, -0.2) is 13.8 Å². The van der Waals surface area contributed by atoms with Crippen LogP contribution in [0.4, 0.5) is 8.78 Å². The number of aromatic amines is 1. The number of rotatable bonds is 6. The van der Waals surface area contributed by atoms with Crippen LogP contribution in [0.3, 0.4) is 0 Å². The van der Waals surface area contributed by atoms with Crippen LogP contribution in [-0.4, -0.2) is 39.3 Å². The molecule has 0 radical (unpaired) electrons. The summed E-state index contributed by atoms with van der Waals surface area (Å²) in [6, 6.07) is 3.07. The number of imidazole rings is 1. The molecule has 1 fully saturated rings. The van der Waals surface area contributed by atoms with E-state index in [-0.39, 0.29) is 29.8 Å². The Kier molecular flexibility index (Phi) is 6.84. The normalized spacial score (nSPS) is 18.7. The minimum atomic E-state index is -0.694. The highest BCUT2D eigenvalue weighted by Crippen LogP contribution is 2.23. The highest BCUT2D eigenvalue weighted by Gasteiger charge is 2.27. The van der Waals surface area contributed by atoms with E-state index in [1.54, 1.807) is 13.8 Å². The van der Waals surface area contributed by atoms with Gasteiger partial charge in [0.1, 0.15) is 17.5 Å². The van der Waals surface area contributed by atoms with Crippen LogP contribution in [0.25, 0.3) is 11.3 Å². The first-order valence-corrected chi connectivity index (χ1v) is 10.4. The Morgan fingerprint density at radius 3 is 2.77 bits per heavy atom. The third kappa shape index (κ3) is 5.04. The van der Waals surface area contributed by atoms with Gasteiger partial charge in [0.05, 0.1) is 17.9 Å². The van der Waals surface area contributed by atoms with Crippen LogP contribution < -0.4 is 5.32 Å². The molecule has 6 nitrogen and oxygen atoms in total. The lowest BCUT2D eigenvalue weighted by Gasteiger charge is -2.34. The molecule has 1 aliphatic heterocycles. The van der Waals surface area contributed by atoms with E-state index in [2.05, 4.69) is 15.3 Å². The van der Waals surface area contributed by atoms with Gasteiger partial charge in [-0.05, 0) is 45.2 Å². The monoisotopic (exact) mass is 418 g/mol. The van der Waals surface area contributed by atoms with E-state index in [1.807, 2.05) is 11.8 Å². The van der Waals surface area contributed by atoms with Crippen molar-refractivity contribution in [2.45, 2.75) is 58.5 Å². The first-order valence-electron chi connectivity index (χ1n) is 10.4. The zero-order chi connectivity index (χ0) is 21.8. The molecule has 2 heterocycles. The van der Waals surface area contributed by atoms with Gasteiger partial charge in [-0.3, -0.25) is 9.59 Å². The average Bonchev–Trinajstić information content (AvgIpc) is 3.18. The van der Waals surface area contributed by atoms with Crippen molar-refractivity contribution in [1.29, 1.82) is 0 Å². The summed E-state index contributed by atoms with van der Waals surface area (Å²) in [6.07, 6.45) is 4.74. The number of nitrogens with zero attached hydrogens (tertiary/aromatic N) is 2. The summed E-state index contributed by atoms with van der Waals surface area (Å²) in [5, 5.41) is 2.85. The highest BCUT2D eigenvalue weighted by molar-refractivity contribution is 5.85. The molecule has 162 valence electrons. The lowest BCUT2D eigenvalue weighted by atomic mass is 10.0. The fourth-order valence-electron chi connectivity index (χ4n) is 3.77. The molecule has 1 aromatic heterocycles. The zero-order valence-corrected chi connectivity index (χ0v) is 17.5. The second kappa shape index (κ2) is 9.36. The number of nitrogens with one attached hydrogen (secondary N) is 2. The van der Waals surface area contributed by atoms with Gasteiger partial charge in [-0.15, -0.1) is 0 Å². The number of amides is 2. The molecule has 1 saturated heterocycles. The Morgan fingerprint density at radius 1 is 1.30 bits per heavy atom. The van der Waals surface area contributed by atoms with Crippen LogP contribution in [0.15, 0.2) is 24.4 Å². The van der Waals surface area contributed by atoms with Crippen LogP contribution >= 0.6 is 0 Å². The fraction of sp³-hybridized carbons (Fsp3) is 0.500. The number of H-pyrrole nitrogens is 1. The molecule has 0 bridgehead atoms. The average molecular weight is 418 g/mol. The number of aromatic nitrogens is 2. The zero-order valence-electron chi connectivity index (χ0n) is 17.5. The van der Waals surface area contributed by atoms with Crippen LogP contribution in [0, 0.1) is 17.6 Å². The van der Waals surface area contributed by atoms with Gasteiger partial charge in [0, 0.05) is 36.6 Å². The third-order valence-corrected chi connectivity index (χ3v) is 5.64. The lowest BCUT2D eigenvalue weighted by Crippen LogP contribution is -2.43. The van der Waals surface area contributed by atoms with E-state index in [0.29, 0.717) is 11.5 Å². The van der Waals surface area contributed by atoms with Gasteiger partial charge < -0.3 is 15.2 Å². The van der Waals surface area contributed by atoms with Gasteiger partial charge in [-0.2, -0.15) is 0 Å². The Bertz CT molecular complexity index is 914. The van der Waals surface area contributed by atoms with Gasteiger partial charge >= 0.3 is 0 Å². The van der Waals surface area contributed by atoms with Crippen molar-refractivity contribution in [3.8, 4) is 11.3 Å². The standard InChI is InChI=1S/C22H28F2N4O2/c1-13(10-20(29)28-9-5-4-6-14(28)2)22(30)26-15(3)21-25-12-19(27-21)17-8-7-16(23)11-18(17)24/h7-8,11-15H,4-6,9-10H2,1-3H3,(H,25,27)(H,26,30)/t13-,14?,15-/m0/s1. The van der Waals surface area contributed by atoms with E-state index >= 15 is 0 Å². The summed E-state index contributed by atoms with van der Waals surface area (Å²) in [6.45, 7) is 6.28. The van der Waals surface area contributed by atoms with Crippen molar-refractivity contribution in [2.75, 3.05) is 6.54 Å². The van der Waals surface area contributed by atoms with Crippen molar-refractivity contribution in [3.05, 3.63) is 41.9 Å². The molecule has 2 N–H and O–H groups in total. The molecule has 1 unspecified atom stereocenters. The first-order chi connectivity index (χ1) is 14.3. The Balaban J connectivity index is 1.58. The Morgan fingerprint density at radius 2 is 2.07 bits per heavy atom. The Labute approximate surface area is 175 Å². The molecule has 1 aromatic carbocycles. The Hall–Kier alpha value is -2.77. The van der Waals surface area contributed by atoms with Gasteiger partial charge in [0.15, 0.2) is 0 Å². The molecule has 8 heteroatoms. The quantitative estimate of drug-likeness (QED) is 0.745. The molecule has 30 heavy (non-hydrogen) atoms. The number of carbonyl (C=O) groups is 2. The van der Waals surface area contributed by atoms with Crippen molar-refractivity contribution in [3.63, 3.8) is 0 Å². The van der Waals surface area contributed by atoms with E-state index in [4.69, 9.17) is 0 Å². The van der Waals surface area contributed by atoms with E-state index in [0.717, 1.165) is 31.9 Å². The van der Waals surface area contributed by atoms with Crippen molar-refractivity contribution < 1.29 is 18.4 Å². The van der Waals surface area contributed by atoms with Gasteiger partial charge in [-0.1, -0.05) is 6.92 Å². The summed E-state index contributed by atoms with van der Waals surface area (Å²) < 4.78 is 27.1. The molecule has 2 amide bonds. The maximum absolute atomic E-state index is 14.0. The lowest BCUT2D eigenvalue weighted by molar-refractivity contribution is -0.138. The summed E-state index contributed by atoms with van der Waals surface area (Å²) >= 11 is 0. The molecule has 3 atom stereocenters. The molecule has 0 spiro atoms. The van der Waals surface area contributed by atoms with Crippen LogP contribution in [0.1, 0.15) is 58.3 Å². The van der Waals surface area contributed by atoms with Crippen LogP contribution in [0.5, 0.6) is 0 Å². The smallest absolute Gasteiger partial charge is 0.223 e. The molecular formula is C22H28F2N4O2. The van der Waals surface area contributed by atoms with Gasteiger partial charge in [0.2, 0.25) is 11.8 Å². The van der Waals surface area contributed by atoms with Crippen LogP contribution in [-0.2, 0) is 9.59 Å². The summed E-state index contributed by atoms with van der Waals surface area (Å²) in [5.41, 5.74) is 0.592. The first kappa shape index (κ1) is 21.9. The topological polar surface area (TPSA) is 78.1 Å². The minimum Gasteiger partial charge on any atom is -0.346 e. The minimum absolute atomic E-state index is 0.00423. The number of piperidine rings is 1. The number of carbonyl (C=O) groups excluding carboxylic acids is 2. The molecule has 1 aliphatic rings. The molecule has 0 aliphatic carbocycles. The number of likely N-dealkylation sites (tertiary alicyclic amines) is 1. The maximum Gasteiger partial charge on any atom is 0.223 e. The summed E-state index contributed by atoms with van der Waals surface area (Å²) in [7, 11) is 0. The second-order valence-electron chi connectivity index (χ2n) is 8.07. The van der Waals surface area contributed by atoms with E-state index in [1.165, 1.54) is 18.3 Å². The summed E-state index contributed by atoms with van der Waals surface area (Å²) in [4.78, 5) is 34.2. The molecule has 2 aromatic rings. The fourth-order valence-corrected chi connectivity index (χ4v) is 3.77. The van der Waals surface area contributed by atoms with Crippen molar-refractivity contribution >= 4 is 11.8 Å². The van der Waals surface area contributed by atoms with Crippen LogP contribution in [0.2, 0.25) is 0 Å². The van der Waals surface area contributed by atoms with E-state index in [9.17, 15) is 18.4 Å². The number of benzene rings is 1. The summed E-state index contributed by atoms with van der Waals surface area (Å²) in [5.74, 6) is -1.61. The second-order valence-corrected chi connectivity index (χ2v) is 8.07. The third-order valence-electron chi connectivity index (χ3n) is 5.64. The predicted octanol–water partition coefficient (Wildman–Crippen LogP) is 3.96. The SMILES string of the molecule is CC1CCCCN1C(=O)C[C@H](C)C(=O)N[C@@H](C)c1ncc(-c2ccc(F)cc2F)[nH]1. The van der Waals surface area contributed by atoms with Gasteiger partial charge in [0.25, 0.3) is 0 Å². The predicted molar refractivity (Wildman–Crippen MR) is 109 cm³/mol. The molecular weight excluding hydrogens is 390 g/mol. The molecule has 0 saturated carbocycles. The number of hydrogen-bond acceptors (Lipinski definition) is 3. The maximum atomic E-state index is 14.0. The highest BCUT2D eigenvalue weighted by atomic mass is 19.1. The largest absolute Gasteiger partial charge is 0.346 e. The number of hydrogen-bond donors (Lipinski definition) is 2. The molecule has 3 rings (SSSR count).